The van der Waals surface area contributed by atoms with E-state index in [2.05, 4.69) is 15.5 Å². The monoisotopic (exact) mass is 191 g/mol. The third-order valence-electron chi connectivity index (χ3n) is 4.05. The molecule has 0 atom stereocenters. The Labute approximate surface area is 84.3 Å². The number of nitrogens with one attached hydrogen (secondary N) is 2. The van der Waals surface area contributed by atoms with Crippen LogP contribution < -0.4 is 5.32 Å². The van der Waals surface area contributed by atoms with Gasteiger partial charge >= 0.3 is 0 Å². The first-order valence-electron chi connectivity index (χ1n) is 5.61. The predicted octanol–water partition coefficient (Wildman–Crippen LogP) is 2.21. The van der Waals surface area contributed by atoms with Crippen molar-refractivity contribution < 1.29 is 0 Å². The lowest BCUT2D eigenvalue weighted by Crippen LogP contribution is -2.18. The van der Waals surface area contributed by atoms with E-state index in [1.54, 1.807) is 0 Å². The number of fused-ring (bicyclic) bond motifs is 2. The second kappa shape index (κ2) is 2.75. The molecule has 3 heteroatoms. The zero-order chi connectivity index (χ0) is 9.60. The van der Waals surface area contributed by atoms with Crippen molar-refractivity contribution in [3.63, 3.8) is 0 Å². The van der Waals surface area contributed by atoms with Gasteiger partial charge in [0.2, 0.25) is 0 Å². The summed E-state index contributed by atoms with van der Waals surface area (Å²) < 4.78 is 0. The lowest BCUT2D eigenvalue weighted by molar-refractivity contribution is 0.425. The van der Waals surface area contributed by atoms with E-state index in [9.17, 15) is 0 Å². The molecule has 0 bridgehead atoms. The van der Waals surface area contributed by atoms with Gasteiger partial charge in [-0.1, -0.05) is 12.8 Å². The van der Waals surface area contributed by atoms with Crippen LogP contribution in [0.1, 0.15) is 43.4 Å². The van der Waals surface area contributed by atoms with Gasteiger partial charge in [-0.3, -0.25) is 5.10 Å². The smallest absolute Gasteiger partial charge is 0.151 e. The van der Waals surface area contributed by atoms with E-state index in [4.69, 9.17) is 0 Å². The zero-order valence-corrected chi connectivity index (χ0v) is 8.69. The average Bonchev–Trinajstić information content (AvgIpc) is 2.88. The minimum absolute atomic E-state index is 0.484. The zero-order valence-electron chi connectivity index (χ0n) is 8.69. The molecular formula is C11H17N3. The molecule has 1 saturated carbocycles. The summed E-state index contributed by atoms with van der Waals surface area (Å²) >= 11 is 0. The summed E-state index contributed by atoms with van der Waals surface area (Å²) in [5.74, 6) is 1.07. The van der Waals surface area contributed by atoms with E-state index >= 15 is 0 Å². The summed E-state index contributed by atoms with van der Waals surface area (Å²) in [5.41, 5.74) is 3.38. The van der Waals surface area contributed by atoms with Gasteiger partial charge in [0.15, 0.2) is 5.82 Å². The molecule has 3 rings (SSSR count). The molecule has 2 N–H and O–H groups in total. The molecule has 76 valence electrons. The maximum absolute atomic E-state index is 4.34. The second-order valence-corrected chi connectivity index (χ2v) is 4.66. The largest absolute Gasteiger partial charge is 0.371 e. The normalized spacial score (nSPS) is 22.9. The first kappa shape index (κ1) is 8.33. The quantitative estimate of drug-likeness (QED) is 0.714. The van der Waals surface area contributed by atoms with Crippen molar-refractivity contribution in [3.05, 3.63) is 11.3 Å². The van der Waals surface area contributed by atoms with Gasteiger partial charge in [0.05, 0.1) is 0 Å². The van der Waals surface area contributed by atoms with Crippen molar-refractivity contribution >= 4 is 5.82 Å². The van der Waals surface area contributed by atoms with Crippen molar-refractivity contribution in [2.75, 3.05) is 12.4 Å². The summed E-state index contributed by atoms with van der Waals surface area (Å²) in [7, 11) is 1.95. The minimum Gasteiger partial charge on any atom is -0.371 e. The molecule has 0 aliphatic heterocycles. The molecule has 1 spiro atoms. The maximum Gasteiger partial charge on any atom is 0.151 e. The standard InChI is InChI=1S/C11H17N3/c1-12-10-8-4-7-11(5-2-3-6-11)9(8)13-14-10/h2-7H2,1H3,(H2,12,13,14). The molecule has 0 amide bonds. The van der Waals surface area contributed by atoms with Crippen LogP contribution in [-0.2, 0) is 11.8 Å². The van der Waals surface area contributed by atoms with Crippen LogP contribution in [-0.4, -0.2) is 17.2 Å². The number of rotatable bonds is 1. The van der Waals surface area contributed by atoms with Gasteiger partial charge in [-0.2, -0.15) is 5.10 Å². The van der Waals surface area contributed by atoms with Crippen molar-refractivity contribution in [1.29, 1.82) is 0 Å². The fourth-order valence-corrected chi connectivity index (χ4v) is 3.30. The predicted molar refractivity (Wildman–Crippen MR) is 56.6 cm³/mol. The maximum atomic E-state index is 4.34. The van der Waals surface area contributed by atoms with Crippen molar-refractivity contribution in [3.8, 4) is 0 Å². The van der Waals surface area contributed by atoms with Gasteiger partial charge in [-0.15, -0.1) is 0 Å². The van der Waals surface area contributed by atoms with Gasteiger partial charge in [-0.25, -0.2) is 0 Å². The number of nitrogens with zero attached hydrogens (tertiary/aromatic N) is 1. The molecule has 1 fully saturated rings. The topological polar surface area (TPSA) is 40.7 Å². The minimum atomic E-state index is 0.484. The van der Waals surface area contributed by atoms with Crippen LogP contribution in [0.5, 0.6) is 0 Å². The summed E-state index contributed by atoms with van der Waals surface area (Å²) in [6.07, 6.45) is 8.07. The van der Waals surface area contributed by atoms with Crippen LogP contribution in [0, 0.1) is 0 Å². The summed E-state index contributed by atoms with van der Waals surface area (Å²) in [5, 5.41) is 10.8. The molecular weight excluding hydrogens is 174 g/mol. The first-order chi connectivity index (χ1) is 6.86. The molecule has 3 nitrogen and oxygen atoms in total. The van der Waals surface area contributed by atoms with E-state index < -0.39 is 0 Å². The van der Waals surface area contributed by atoms with Gasteiger partial charge in [0, 0.05) is 23.7 Å². The molecule has 0 saturated heterocycles. The van der Waals surface area contributed by atoms with E-state index in [0.29, 0.717) is 5.41 Å². The average molecular weight is 191 g/mol. The number of aromatic amines is 1. The Morgan fingerprint density at radius 1 is 1.29 bits per heavy atom. The molecule has 14 heavy (non-hydrogen) atoms. The van der Waals surface area contributed by atoms with E-state index in [-0.39, 0.29) is 0 Å². The third-order valence-corrected chi connectivity index (χ3v) is 4.05. The number of anilines is 1. The fourth-order valence-electron chi connectivity index (χ4n) is 3.30. The Morgan fingerprint density at radius 2 is 2.07 bits per heavy atom. The Morgan fingerprint density at radius 3 is 2.79 bits per heavy atom. The van der Waals surface area contributed by atoms with Gasteiger partial charge < -0.3 is 5.32 Å². The van der Waals surface area contributed by atoms with Gasteiger partial charge in [-0.05, 0) is 25.7 Å². The Balaban J connectivity index is 2.05. The highest BCUT2D eigenvalue weighted by atomic mass is 15.2. The van der Waals surface area contributed by atoms with Gasteiger partial charge in [0.25, 0.3) is 0 Å². The summed E-state index contributed by atoms with van der Waals surface area (Å²) in [4.78, 5) is 0. The molecule has 1 aromatic rings. The SMILES string of the molecule is CNc1n[nH]c2c1CCC21CCCC1. The van der Waals surface area contributed by atoms with Crippen molar-refractivity contribution in [2.45, 2.75) is 43.9 Å². The fraction of sp³-hybridized carbons (Fsp3) is 0.727. The Bertz CT molecular complexity index is 347. The van der Waals surface area contributed by atoms with Crippen molar-refractivity contribution in [2.24, 2.45) is 0 Å². The highest BCUT2D eigenvalue weighted by molar-refractivity contribution is 5.51. The van der Waals surface area contributed by atoms with Crippen LogP contribution in [0.15, 0.2) is 0 Å². The molecule has 0 radical (unpaired) electrons. The van der Waals surface area contributed by atoms with Crippen LogP contribution in [0.4, 0.5) is 5.82 Å². The molecule has 0 unspecified atom stereocenters. The lowest BCUT2D eigenvalue weighted by Gasteiger charge is -2.21. The number of hydrogen-bond acceptors (Lipinski definition) is 2. The summed E-state index contributed by atoms with van der Waals surface area (Å²) in [6, 6.07) is 0. The van der Waals surface area contributed by atoms with Crippen LogP contribution in [0.25, 0.3) is 0 Å². The molecule has 1 aromatic heterocycles. The molecule has 0 aromatic carbocycles. The number of H-pyrrole nitrogens is 1. The highest BCUT2D eigenvalue weighted by Crippen LogP contribution is 2.50. The van der Waals surface area contributed by atoms with E-state index in [1.165, 1.54) is 49.8 Å². The summed E-state index contributed by atoms with van der Waals surface area (Å²) in [6.45, 7) is 0. The van der Waals surface area contributed by atoms with Gasteiger partial charge in [0.1, 0.15) is 0 Å². The van der Waals surface area contributed by atoms with E-state index in [0.717, 1.165) is 5.82 Å². The van der Waals surface area contributed by atoms with Crippen LogP contribution in [0.2, 0.25) is 0 Å². The third kappa shape index (κ3) is 0.900. The molecule has 2 aliphatic rings. The van der Waals surface area contributed by atoms with Crippen LogP contribution in [0.3, 0.4) is 0 Å². The van der Waals surface area contributed by atoms with Crippen LogP contribution >= 0.6 is 0 Å². The lowest BCUT2D eigenvalue weighted by atomic mass is 9.84. The number of hydrogen-bond donors (Lipinski definition) is 2. The first-order valence-corrected chi connectivity index (χ1v) is 5.61. The molecule has 2 aliphatic carbocycles. The molecule has 1 heterocycles. The van der Waals surface area contributed by atoms with E-state index in [1.807, 2.05) is 7.05 Å². The Hall–Kier alpha value is -0.990. The highest BCUT2D eigenvalue weighted by Gasteiger charge is 2.43. The number of aromatic nitrogens is 2. The second-order valence-electron chi connectivity index (χ2n) is 4.66. The van der Waals surface area contributed by atoms with Crippen molar-refractivity contribution in [1.82, 2.24) is 10.2 Å². The Kier molecular flexibility index (Phi) is 1.64.